The second kappa shape index (κ2) is 11.9. The third-order valence-electron chi connectivity index (χ3n) is 4.07. The van der Waals surface area contributed by atoms with Crippen LogP contribution in [0.25, 0.3) is 0 Å². The topological polar surface area (TPSA) is 134 Å². The summed E-state index contributed by atoms with van der Waals surface area (Å²) in [5, 5.41) is 46.7. The number of hydrazone groups is 2. The minimum Gasteiger partial charge on any atom is -0.507 e. The molecule has 0 atom stereocenters. The van der Waals surface area contributed by atoms with Gasteiger partial charge in [0.15, 0.2) is 0 Å². The average Bonchev–Trinajstić information content (AvgIpc) is 2.80. The molecule has 0 saturated heterocycles. The molecule has 0 aromatic heterocycles. The number of nitrogens with one attached hydrogen (secondary N) is 2. The van der Waals surface area contributed by atoms with Gasteiger partial charge in [0.05, 0.1) is 18.6 Å². The van der Waals surface area contributed by atoms with Gasteiger partial charge in [-0.3, -0.25) is 0 Å². The van der Waals surface area contributed by atoms with Crippen LogP contribution in [0.5, 0.6) is 17.2 Å². The largest absolute Gasteiger partial charge is 0.507 e. The van der Waals surface area contributed by atoms with E-state index >= 15 is 0 Å². The van der Waals surface area contributed by atoms with Crippen molar-refractivity contribution in [2.45, 2.75) is 0 Å². The summed E-state index contributed by atoms with van der Waals surface area (Å²) < 4.78 is 0. The van der Waals surface area contributed by atoms with E-state index in [-0.39, 0.29) is 23.2 Å². The number of guanidine groups is 1. The summed E-state index contributed by atoms with van der Waals surface area (Å²) in [4.78, 5) is 0. The molecule has 0 bridgehead atoms. The van der Waals surface area contributed by atoms with Crippen LogP contribution in [0.3, 0.4) is 0 Å². The molecule has 9 nitrogen and oxygen atoms in total. The average molecular weight is 520 g/mol. The van der Waals surface area contributed by atoms with Gasteiger partial charge in [0, 0.05) is 31.8 Å². The standard InChI is InChI=1S/C22H17Cl3N6O3/c23-16-1-4-19(32)13(7-16)10-26-29-22(30-27-11-14-8-17(24)2-5-20(14)33)31-28-12-15-9-18(25)3-6-21(15)34/h1-12,32-34H,(H2,29,30,31)/b26-10+,27-11+,28-12+. The van der Waals surface area contributed by atoms with E-state index in [0.717, 1.165) is 0 Å². The fraction of sp³-hybridized carbons (Fsp3) is 0. The minimum absolute atomic E-state index is 0.0229. The van der Waals surface area contributed by atoms with Crippen LogP contribution in [0, 0.1) is 0 Å². The smallest absolute Gasteiger partial charge is 0.257 e. The third kappa shape index (κ3) is 7.38. The lowest BCUT2D eigenvalue weighted by Gasteiger charge is -2.04. The number of hydrogen-bond acceptors (Lipinski definition) is 7. The zero-order valence-corrected chi connectivity index (χ0v) is 19.5. The van der Waals surface area contributed by atoms with Crippen molar-refractivity contribution in [1.29, 1.82) is 0 Å². The summed E-state index contributed by atoms with van der Waals surface area (Å²) in [6.07, 6.45) is 3.92. The van der Waals surface area contributed by atoms with E-state index in [0.29, 0.717) is 31.8 Å². The molecule has 5 N–H and O–H groups in total. The summed E-state index contributed by atoms with van der Waals surface area (Å²) in [6.45, 7) is 0. The molecule has 174 valence electrons. The van der Waals surface area contributed by atoms with Crippen LogP contribution in [-0.2, 0) is 0 Å². The highest BCUT2D eigenvalue weighted by Crippen LogP contribution is 2.21. The lowest BCUT2D eigenvalue weighted by Crippen LogP contribution is -2.30. The lowest BCUT2D eigenvalue weighted by atomic mass is 10.2. The van der Waals surface area contributed by atoms with Gasteiger partial charge in [-0.2, -0.15) is 15.3 Å². The molecular formula is C22H17Cl3N6O3. The molecule has 0 aliphatic heterocycles. The second-order valence-corrected chi connectivity index (χ2v) is 7.85. The highest BCUT2D eigenvalue weighted by molar-refractivity contribution is 6.31. The highest BCUT2D eigenvalue weighted by Gasteiger charge is 2.02. The van der Waals surface area contributed by atoms with Crippen molar-refractivity contribution in [3.63, 3.8) is 0 Å². The van der Waals surface area contributed by atoms with Crippen LogP contribution < -0.4 is 10.9 Å². The van der Waals surface area contributed by atoms with Crippen molar-refractivity contribution in [2.75, 3.05) is 0 Å². The predicted molar refractivity (Wildman–Crippen MR) is 136 cm³/mol. The number of benzene rings is 3. The van der Waals surface area contributed by atoms with Gasteiger partial charge >= 0.3 is 0 Å². The molecule has 3 aromatic carbocycles. The van der Waals surface area contributed by atoms with Crippen molar-refractivity contribution < 1.29 is 15.3 Å². The Hall–Kier alpha value is -3.79. The Morgan fingerprint density at radius 1 is 0.618 bits per heavy atom. The van der Waals surface area contributed by atoms with Gasteiger partial charge < -0.3 is 15.3 Å². The van der Waals surface area contributed by atoms with Crippen molar-refractivity contribution >= 4 is 59.4 Å². The molecule has 0 spiro atoms. The van der Waals surface area contributed by atoms with Gasteiger partial charge in [-0.15, -0.1) is 5.10 Å². The van der Waals surface area contributed by atoms with E-state index in [1.54, 1.807) is 0 Å². The molecule has 0 heterocycles. The molecule has 3 aromatic rings. The molecule has 0 aliphatic carbocycles. The van der Waals surface area contributed by atoms with E-state index in [1.807, 2.05) is 0 Å². The maximum absolute atomic E-state index is 9.89. The third-order valence-corrected chi connectivity index (χ3v) is 4.78. The number of nitrogens with zero attached hydrogens (tertiary/aromatic N) is 4. The number of hydrogen-bond donors (Lipinski definition) is 5. The lowest BCUT2D eigenvalue weighted by molar-refractivity contribution is 0.474. The van der Waals surface area contributed by atoms with Crippen LogP contribution in [-0.4, -0.2) is 39.9 Å². The van der Waals surface area contributed by atoms with Crippen molar-refractivity contribution in [1.82, 2.24) is 10.9 Å². The molecular weight excluding hydrogens is 503 g/mol. The summed E-state index contributed by atoms with van der Waals surface area (Å²) in [7, 11) is 0. The SMILES string of the molecule is Oc1ccc(Cl)cc1/C=N/N=C(N/N=C/c1cc(Cl)ccc1O)N/N=C/c1cc(Cl)ccc1O. The Labute approximate surface area is 209 Å². The molecule has 34 heavy (non-hydrogen) atoms. The Bertz CT molecular complexity index is 1230. The Balaban J connectivity index is 1.80. The van der Waals surface area contributed by atoms with E-state index in [9.17, 15) is 15.3 Å². The van der Waals surface area contributed by atoms with Gasteiger partial charge in [-0.25, -0.2) is 10.9 Å². The maximum atomic E-state index is 9.89. The molecule has 0 aliphatic rings. The molecule has 3 rings (SSSR count). The summed E-state index contributed by atoms with van der Waals surface area (Å²) in [5.74, 6) is -0.112. The first-order valence-corrected chi connectivity index (χ1v) is 10.6. The first-order valence-electron chi connectivity index (χ1n) is 9.46. The monoisotopic (exact) mass is 518 g/mol. The first kappa shape index (κ1) is 24.8. The molecule has 12 heteroatoms. The Morgan fingerprint density at radius 2 is 1.00 bits per heavy atom. The molecule has 0 unspecified atom stereocenters. The molecule has 0 radical (unpaired) electrons. The van der Waals surface area contributed by atoms with Gasteiger partial charge in [0.1, 0.15) is 17.2 Å². The number of phenols is 3. The van der Waals surface area contributed by atoms with E-state index in [2.05, 4.69) is 31.3 Å². The van der Waals surface area contributed by atoms with E-state index in [4.69, 9.17) is 34.8 Å². The molecule has 0 saturated carbocycles. The maximum Gasteiger partial charge on any atom is 0.257 e. The zero-order valence-electron chi connectivity index (χ0n) is 17.2. The van der Waals surface area contributed by atoms with Crippen molar-refractivity contribution in [2.24, 2.45) is 20.4 Å². The highest BCUT2D eigenvalue weighted by atomic mass is 35.5. The summed E-state index contributed by atoms with van der Waals surface area (Å²) in [6, 6.07) is 13.4. The predicted octanol–water partition coefficient (Wildman–Crippen LogP) is 4.70. The molecule has 0 amide bonds. The van der Waals surface area contributed by atoms with Crippen LogP contribution in [0.15, 0.2) is 75.0 Å². The number of halogens is 3. The first-order chi connectivity index (χ1) is 16.3. The summed E-state index contributed by atoms with van der Waals surface area (Å²) >= 11 is 17.8. The summed E-state index contributed by atoms with van der Waals surface area (Å²) in [5.41, 5.74) is 6.24. The Kier molecular flexibility index (Phi) is 8.69. The minimum atomic E-state index is -0.0340. The fourth-order valence-corrected chi connectivity index (χ4v) is 2.97. The van der Waals surface area contributed by atoms with E-state index < -0.39 is 0 Å². The number of aromatic hydroxyl groups is 3. The Morgan fingerprint density at radius 3 is 1.41 bits per heavy atom. The van der Waals surface area contributed by atoms with Crippen LogP contribution in [0.2, 0.25) is 15.1 Å². The van der Waals surface area contributed by atoms with Crippen LogP contribution in [0.1, 0.15) is 16.7 Å². The zero-order chi connectivity index (χ0) is 24.5. The quantitative estimate of drug-likeness (QED) is 0.183. The van der Waals surface area contributed by atoms with E-state index in [1.165, 1.54) is 73.2 Å². The van der Waals surface area contributed by atoms with Crippen LogP contribution in [0.4, 0.5) is 0 Å². The van der Waals surface area contributed by atoms with Gasteiger partial charge in [-0.05, 0) is 54.6 Å². The van der Waals surface area contributed by atoms with Crippen LogP contribution >= 0.6 is 34.8 Å². The fourth-order valence-electron chi connectivity index (χ4n) is 2.43. The van der Waals surface area contributed by atoms with Crippen molar-refractivity contribution in [3.05, 3.63) is 86.4 Å². The van der Waals surface area contributed by atoms with Gasteiger partial charge in [-0.1, -0.05) is 34.8 Å². The van der Waals surface area contributed by atoms with Gasteiger partial charge in [0.2, 0.25) is 0 Å². The second-order valence-electron chi connectivity index (χ2n) is 6.54. The number of rotatable bonds is 6. The number of phenolic OH excluding ortho intramolecular Hbond substituents is 3. The van der Waals surface area contributed by atoms with Gasteiger partial charge in [0.25, 0.3) is 5.96 Å². The molecule has 0 fully saturated rings. The normalized spacial score (nSPS) is 11.4. The van der Waals surface area contributed by atoms with Crippen molar-refractivity contribution in [3.8, 4) is 17.2 Å².